The van der Waals surface area contributed by atoms with Crippen molar-refractivity contribution in [2.45, 2.75) is 58.8 Å². The Kier molecular flexibility index (Phi) is 10.5. The van der Waals surface area contributed by atoms with Crippen LogP contribution in [0.25, 0.3) is 6.08 Å². The Bertz CT molecular complexity index is 535. The van der Waals surface area contributed by atoms with Gasteiger partial charge in [-0.1, -0.05) is 58.1 Å². The van der Waals surface area contributed by atoms with E-state index in [-0.39, 0.29) is 18.3 Å². The number of phenols is 1. The summed E-state index contributed by atoms with van der Waals surface area (Å²) in [6.45, 7) is 4.77. The Balaban J connectivity index is 2.12. The van der Waals surface area contributed by atoms with E-state index in [0.717, 1.165) is 24.3 Å². The smallest absolute Gasteiger partial charge is 0.306 e. The van der Waals surface area contributed by atoms with E-state index in [2.05, 4.69) is 13.8 Å². The van der Waals surface area contributed by atoms with Gasteiger partial charge in [-0.15, -0.1) is 0 Å². The first-order chi connectivity index (χ1) is 12.0. The normalized spacial score (nSPS) is 11.2. The molecule has 1 rings (SSSR count). The minimum Gasteiger partial charge on any atom is -0.504 e. The lowest BCUT2D eigenvalue weighted by Gasteiger charge is -2.05. The van der Waals surface area contributed by atoms with Crippen molar-refractivity contribution in [1.82, 2.24) is 0 Å². The van der Waals surface area contributed by atoms with Gasteiger partial charge >= 0.3 is 5.97 Å². The fraction of sp³-hybridized carbons (Fsp3) is 0.571. The molecule has 0 spiro atoms. The van der Waals surface area contributed by atoms with E-state index in [1.54, 1.807) is 24.3 Å². The molecule has 0 aliphatic carbocycles. The highest BCUT2D eigenvalue weighted by Crippen LogP contribution is 2.26. The number of hydrogen-bond acceptors (Lipinski definition) is 4. The van der Waals surface area contributed by atoms with E-state index in [1.165, 1.54) is 32.8 Å². The number of benzene rings is 1. The molecular weight excluding hydrogens is 316 g/mol. The molecule has 0 heterocycles. The van der Waals surface area contributed by atoms with Crippen molar-refractivity contribution >= 4 is 12.0 Å². The molecule has 0 radical (unpaired) electrons. The van der Waals surface area contributed by atoms with Crippen molar-refractivity contribution in [3.05, 3.63) is 29.8 Å². The molecule has 0 aromatic heterocycles. The van der Waals surface area contributed by atoms with Gasteiger partial charge in [-0.25, -0.2) is 0 Å². The van der Waals surface area contributed by atoms with Crippen LogP contribution in [-0.4, -0.2) is 24.8 Å². The number of phenolic OH excluding ortho intramolecular Hbond substituents is 1. The SMILES string of the molecule is COc1cc(/C=C/COC(=O)CCCCCCCC(C)C)ccc1O. The monoisotopic (exact) mass is 348 g/mol. The number of esters is 1. The predicted molar refractivity (Wildman–Crippen MR) is 102 cm³/mol. The van der Waals surface area contributed by atoms with Crippen molar-refractivity contribution in [1.29, 1.82) is 0 Å². The number of aromatic hydroxyl groups is 1. The molecule has 1 aromatic carbocycles. The number of carbonyl (C=O) groups excluding carboxylic acids is 1. The fourth-order valence-electron chi connectivity index (χ4n) is 2.55. The van der Waals surface area contributed by atoms with Crippen molar-refractivity contribution < 1.29 is 19.4 Å². The lowest BCUT2D eigenvalue weighted by atomic mass is 10.0. The number of carbonyl (C=O) groups is 1. The molecule has 0 atom stereocenters. The van der Waals surface area contributed by atoms with Crippen molar-refractivity contribution in [2.75, 3.05) is 13.7 Å². The molecule has 0 bridgehead atoms. The summed E-state index contributed by atoms with van der Waals surface area (Å²) in [5.41, 5.74) is 0.882. The first kappa shape index (κ1) is 21.1. The molecule has 25 heavy (non-hydrogen) atoms. The Morgan fingerprint density at radius 2 is 1.88 bits per heavy atom. The van der Waals surface area contributed by atoms with Gasteiger partial charge in [0.25, 0.3) is 0 Å². The first-order valence-electron chi connectivity index (χ1n) is 9.22. The molecule has 1 aromatic rings. The molecule has 0 saturated carbocycles. The van der Waals surface area contributed by atoms with Gasteiger partial charge < -0.3 is 14.6 Å². The van der Waals surface area contributed by atoms with Gasteiger partial charge in [-0.3, -0.25) is 4.79 Å². The molecule has 0 amide bonds. The summed E-state index contributed by atoms with van der Waals surface area (Å²) in [7, 11) is 1.51. The van der Waals surface area contributed by atoms with Crippen LogP contribution in [0.15, 0.2) is 24.3 Å². The largest absolute Gasteiger partial charge is 0.504 e. The summed E-state index contributed by atoms with van der Waals surface area (Å²) in [4.78, 5) is 11.7. The van der Waals surface area contributed by atoms with Gasteiger partial charge in [0.2, 0.25) is 0 Å². The van der Waals surface area contributed by atoms with E-state index < -0.39 is 0 Å². The molecule has 0 aliphatic heterocycles. The van der Waals surface area contributed by atoms with Crippen LogP contribution in [0.1, 0.15) is 64.4 Å². The van der Waals surface area contributed by atoms with Crippen LogP contribution in [0.5, 0.6) is 11.5 Å². The van der Waals surface area contributed by atoms with Crippen LogP contribution in [-0.2, 0) is 9.53 Å². The zero-order valence-electron chi connectivity index (χ0n) is 15.8. The standard InChI is InChI=1S/C21H32O4/c1-17(2)10-7-5-4-6-8-12-21(23)25-15-9-11-18-13-14-19(22)20(16-18)24-3/h9,11,13-14,16-17,22H,4-8,10,12,15H2,1-3H3/b11-9+. The first-order valence-corrected chi connectivity index (χ1v) is 9.22. The van der Waals surface area contributed by atoms with Gasteiger partial charge in [0.1, 0.15) is 6.61 Å². The lowest BCUT2D eigenvalue weighted by Crippen LogP contribution is -2.03. The summed E-state index contributed by atoms with van der Waals surface area (Å²) >= 11 is 0. The molecule has 4 nitrogen and oxygen atoms in total. The third-order valence-electron chi connectivity index (χ3n) is 4.02. The van der Waals surface area contributed by atoms with E-state index in [9.17, 15) is 9.90 Å². The Morgan fingerprint density at radius 1 is 1.16 bits per heavy atom. The average Bonchev–Trinajstić information content (AvgIpc) is 2.58. The molecule has 0 saturated heterocycles. The summed E-state index contributed by atoms with van der Waals surface area (Å²) in [6.07, 6.45) is 11.1. The lowest BCUT2D eigenvalue weighted by molar-refractivity contribution is -0.142. The van der Waals surface area contributed by atoms with Crippen LogP contribution in [0.3, 0.4) is 0 Å². The van der Waals surface area contributed by atoms with Crippen LogP contribution < -0.4 is 4.74 Å². The minimum atomic E-state index is -0.143. The fourth-order valence-corrected chi connectivity index (χ4v) is 2.55. The van der Waals surface area contributed by atoms with Gasteiger partial charge in [-0.05, 0) is 36.1 Å². The molecule has 1 N–H and O–H groups in total. The highest BCUT2D eigenvalue weighted by molar-refractivity contribution is 5.69. The predicted octanol–water partition coefficient (Wildman–Crippen LogP) is 5.34. The Labute approximate surface area is 151 Å². The number of hydrogen-bond donors (Lipinski definition) is 1. The second-order valence-corrected chi connectivity index (χ2v) is 6.72. The van der Waals surface area contributed by atoms with Crippen molar-refractivity contribution in [3.63, 3.8) is 0 Å². The number of ether oxygens (including phenoxy) is 2. The zero-order valence-corrected chi connectivity index (χ0v) is 15.8. The Morgan fingerprint density at radius 3 is 2.60 bits per heavy atom. The molecule has 0 unspecified atom stereocenters. The van der Waals surface area contributed by atoms with Crippen LogP contribution in [0, 0.1) is 5.92 Å². The van der Waals surface area contributed by atoms with E-state index >= 15 is 0 Å². The summed E-state index contributed by atoms with van der Waals surface area (Å²) in [5.74, 6) is 1.17. The maximum absolute atomic E-state index is 11.7. The van der Waals surface area contributed by atoms with E-state index in [4.69, 9.17) is 9.47 Å². The molecule has 0 aliphatic rings. The van der Waals surface area contributed by atoms with E-state index in [0.29, 0.717) is 12.2 Å². The van der Waals surface area contributed by atoms with Crippen molar-refractivity contribution in [3.8, 4) is 11.5 Å². The maximum Gasteiger partial charge on any atom is 0.306 e. The number of methoxy groups -OCH3 is 1. The highest BCUT2D eigenvalue weighted by atomic mass is 16.5. The second kappa shape index (κ2) is 12.4. The summed E-state index contributed by atoms with van der Waals surface area (Å²) < 4.78 is 10.2. The Hall–Kier alpha value is -1.97. The third kappa shape index (κ3) is 9.80. The summed E-state index contributed by atoms with van der Waals surface area (Å²) in [5, 5.41) is 9.54. The highest BCUT2D eigenvalue weighted by Gasteiger charge is 2.02. The van der Waals surface area contributed by atoms with Gasteiger partial charge in [0.05, 0.1) is 7.11 Å². The quantitative estimate of drug-likeness (QED) is 0.409. The molecule has 0 fully saturated rings. The summed E-state index contributed by atoms with van der Waals surface area (Å²) in [6, 6.07) is 5.08. The minimum absolute atomic E-state index is 0.107. The zero-order chi connectivity index (χ0) is 18.5. The van der Waals surface area contributed by atoms with E-state index in [1.807, 2.05) is 6.08 Å². The van der Waals surface area contributed by atoms with Crippen LogP contribution >= 0.6 is 0 Å². The van der Waals surface area contributed by atoms with Crippen LogP contribution in [0.2, 0.25) is 0 Å². The average molecular weight is 348 g/mol. The van der Waals surface area contributed by atoms with Gasteiger partial charge in [0, 0.05) is 6.42 Å². The maximum atomic E-state index is 11.7. The third-order valence-corrected chi connectivity index (χ3v) is 4.02. The molecular formula is C21H32O4. The number of unbranched alkanes of at least 4 members (excludes halogenated alkanes) is 4. The van der Waals surface area contributed by atoms with Gasteiger partial charge in [0.15, 0.2) is 11.5 Å². The topological polar surface area (TPSA) is 55.8 Å². The van der Waals surface area contributed by atoms with Crippen molar-refractivity contribution in [2.24, 2.45) is 5.92 Å². The second-order valence-electron chi connectivity index (χ2n) is 6.72. The van der Waals surface area contributed by atoms with Crippen LogP contribution in [0.4, 0.5) is 0 Å². The molecule has 140 valence electrons. The molecule has 4 heteroatoms. The number of rotatable bonds is 12. The van der Waals surface area contributed by atoms with Gasteiger partial charge in [-0.2, -0.15) is 0 Å².